The van der Waals surface area contributed by atoms with Crippen LogP contribution in [0.4, 0.5) is 0 Å². The van der Waals surface area contributed by atoms with Crippen molar-refractivity contribution < 1.29 is 4.52 Å². The zero-order chi connectivity index (χ0) is 17.1. The topological polar surface area (TPSA) is 68.8 Å². The van der Waals surface area contributed by atoms with Crippen LogP contribution in [0.25, 0.3) is 17.1 Å². The Hall–Kier alpha value is -2.18. The molecule has 3 aromatic rings. The van der Waals surface area contributed by atoms with Crippen molar-refractivity contribution in [1.29, 1.82) is 0 Å². The summed E-state index contributed by atoms with van der Waals surface area (Å²) in [5.74, 6) is 1.18. The Balaban J connectivity index is 1.95. The molecule has 0 saturated heterocycles. The Labute approximate surface area is 145 Å². The number of nitrogens with zero attached hydrogens (tertiary/aromatic N) is 4. The molecule has 1 atom stereocenters. The fourth-order valence-corrected chi connectivity index (χ4v) is 2.73. The number of likely N-dealkylation sites (N-methyl/N-ethyl adjacent to an activating group) is 1. The highest BCUT2D eigenvalue weighted by molar-refractivity contribution is 6.30. The second-order valence-electron chi connectivity index (χ2n) is 5.66. The minimum Gasteiger partial charge on any atom is -0.334 e. The molecule has 0 amide bonds. The van der Waals surface area contributed by atoms with E-state index in [2.05, 4.69) is 34.4 Å². The zero-order valence-electron chi connectivity index (χ0n) is 14.0. The van der Waals surface area contributed by atoms with Gasteiger partial charge in [0.2, 0.25) is 0 Å². The summed E-state index contributed by atoms with van der Waals surface area (Å²) >= 11 is 6.09. The zero-order valence-corrected chi connectivity index (χ0v) is 14.7. The molecule has 0 saturated carbocycles. The number of hydrogen-bond acceptors (Lipinski definition) is 5. The van der Waals surface area contributed by atoms with Crippen LogP contribution in [0.2, 0.25) is 5.02 Å². The van der Waals surface area contributed by atoms with E-state index in [0.29, 0.717) is 23.2 Å². The van der Waals surface area contributed by atoms with Gasteiger partial charge in [-0.05, 0) is 38.6 Å². The van der Waals surface area contributed by atoms with E-state index in [4.69, 9.17) is 16.1 Å². The fraction of sp³-hybridized carbons (Fsp3) is 0.353. The molecule has 1 aromatic carbocycles. The minimum atomic E-state index is 0.287. The maximum Gasteiger partial charge on any atom is 0.261 e. The van der Waals surface area contributed by atoms with Crippen molar-refractivity contribution in [3.63, 3.8) is 0 Å². The van der Waals surface area contributed by atoms with Crippen molar-refractivity contribution in [3.05, 3.63) is 47.0 Å². The molecule has 0 aliphatic heterocycles. The third-order valence-corrected chi connectivity index (χ3v) is 4.17. The average Bonchev–Trinajstić information content (AvgIpc) is 3.20. The van der Waals surface area contributed by atoms with Crippen molar-refractivity contribution >= 4 is 11.6 Å². The maximum atomic E-state index is 6.09. The maximum absolute atomic E-state index is 6.09. The van der Waals surface area contributed by atoms with Crippen molar-refractivity contribution in [2.45, 2.75) is 32.7 Å². The molecule has 6 nitrogen and oxygen atoms in total. The van der Waals surface area contributed by atoms with E-state index < -0.39 is 0 Å². The van der Waals surface area contributed by atoms with Gasteiger partial charge >= 0.3 is 0 Å². The van der Waals surface area contributed by atoms with Crippen LogP contribution >= 0.6 is 11.6 Å². The van der Waals surface area contributed by atoms with Gasteiger partial charge in [0.15, 0.2) is 5.82 Å². The first-order valence-corrected chi connectivity index (χ1v) is 8.33. The molecule has 1 N–H and O–H groups in total. The summed E-state index contributed by atoms with van der Waals surface area (Å²) in [6.07, 6.45) is 3.26. The van der Waals surface area contributed by atoms with Crippen molar-refractivity contribution in [1.82, 2.24) is 25.2 Å². The predicted molar refractivity (Wildman–Crippen MR) is 93.5 cm³/mol. The molecule has 0 aliphatic rings. The Bertz CT molecular complexity index is 826. The van der Waals surface area contributed by atoms with Crippen LogP contribution in [0, 0.1) is 0 Å². The Morgan fingerprint density at radius 1 is 1.38 bits per heavy atom. The van der Waals surface area contributed by atoms with E-state index in [1.54, 1.807) is 6.20 Å². The van der Waals surface area contributed by atoms with Gasteiger partial charge in [0.1, 0.15) is 0 Å². The lowest BCUT2D eigenvalue weighted by molar-refractivity contribution is 0.418. The van der Waals surface area contributed by atoms with Crippen LogP contribution in [0.5, 0.6) is 0 Å². The summed E-state index contributed by atoms with van der Waals surface area (Å²) in [7, 11) is 1.91. The van der Waals surface area contributed by atoms with E-state index in [1.165, 1.54) is 0 Å². The summed E-state index contributed by atoms with van der Waals surface area (Å²) in [5, 5.41) is 12.4. The minimum absolute atomic E-state index is 0.287. The SMILES string of the molecule is CCc1c(-c2nc(CC(C)NC)no2)cnn1-c1cccc(Cl)c1. The summed E-state index contributed by atoms with van der Waals surface area (Å²) in [4.78, 5) is 4.50. The van der Waals surface area contributed by atoms with Crippen LogP contribution in [-0.2, 0) is 12.8 Å². The van der Waals surface area contributed by atoms with Crippen molar-refractivity contribution in [3.8, 4) is 17.1 Å². The van der Waals surface area contributed by atoms with E-state index in [-0.39, 0.29) is 6.04 Å². The van der Waals surface area contributed by atoms with E-state index in [9.17, 15) is 0 Å². The molecule has 3 rings (SSSR count). The van der Waals surface area contributed by atoms with Crippen LogP contribution in [0.3, 0.4) is 0 Å². The van der Waals surface area contributed by atoms with E-state index in [1.807, 2.05) is 36.0 Å². The lowest BCUT2D eigenvalue weighted by atomic mass is 10.2. The summed E-state index contributed by atoms with van der Waals surface area (Å²) in [5.41, 5.74) is 2.77. The highest BCUT2D eigenvalue weighted by Gasteiger charge is 2.18. The third kappa shape index (κ3) is 3.34. The molecule has 0 aliphatic carbocycles. The van der Waals surface area contributed by atoms with Gasteiger partial charge in [-0.1, -0.05) is 29.7 Å². The smallest absolute Gasteiger partial charge is 0.261 e. The summed E-state index contributed by atoms with van der Waals surface area (Å²) < 4.78 is 7.31. The van der Waals surface area contributed by atoms with Gasteiger partial charge in [-0.2, -0.15) is 10.1 Å². The first kappa shape index (κ1) is 16.7. The quantitative estimate of drug-likeness (QED) is 0.742. The monoisotopic (exact) mass is 345 g/mol. The lowest BCUT2D eigenvalue weighted by Crippen LogP contribution is -2.24. The number of aromatic nitrogens is 4. The number of hydrogen-bond donors (Lipinski definition) is 1. The van der Waals surface area contributed by atoms with Gasteiger partial charge in [-0.15, -0.1) is 0 Å². The lowest BCUT2D eigenvalue weighted by Gasteiger charge is -2.07. The van der Waals surface area contributed by atoms with E-state index >= 15 is 0 Å². The molecular weight excluding hydrogens is 326 g/mol. The third-order valence-electron chi connectivity index (χ3n) is 3.94. The first-order chi connectivity index (χ1) is 11.6. The van der Waals surface area contributed by atoms with Crippen molar-refractivity contribution in [2.75, 3.05) is 7.05 Å². The molecule has 0 fully saturated rings. The van der Waals surface area contributed by atoms with Gasteiger partial charge < -0.3 is 9.84 Å². The Morgan fingerprint density at radius 3 is 2.92 bits per heavy atom. The molecule has 0 bridgehead atoms. The summed E-state index contributed by atoms with van der Waals surface area (Å²) in [6.45, 7) is 4.15. The molecule has 24 heavy (non-hydrogen) atoms. The average molecular weight is 346 g/mol. The van der Waals surface area contributed by atoms with Gasteiger partial charge in [0, 0.05) is 17.5 Å². The number of nitrogens with one attached hydrogen (secondary N) is 1. The number of benzene rings is 1. The Morgan fingerprint density at radius 2 is 2.21 bits per heavy atom. The molecule has 0 spiro atoms. The van der Waals surface area contributed by atoms with Gasteiger partial charge in [0.05, 0.1) is 23.1 Å². The molecule has 0 radical (unpaired) electrons. The molecule has 2 aromatic heterocycles. The van der Waals surface area contributed by atoms with Gasteiger partial charge in [-0.3, -0.25) is 0 Å². The highest BCUT2D eigenvalue weighted by atomic mass is 35.5. The van der Waals surface area contributed by atoms with Crippen LogP contribution in [0.1, 0.15) is 25.4 Å². The molecule has 7 heteroatoms. The normalized spacial score (nSPS) is 12.5. The van der Waals surface area contributed by atoms with Gasteiger partial charge in [-0.25, -0.2) is 4.68 Å². The first-order valence-electron chi connectivity index (χ1n) is 7.95. The molecule has 1 unspecified atom stereocenters. The standard InChI is InChI=1S/C17H20ClN5O/c1-4-15-14(17-21-16(22-24-17)8-11(2)19-3)10-20-23(15)13-7-5-6-12(18)9-13/h5-7,9-11,19H,4,8H2,1-3H3. The van der Waals surface area contributed by atoms with Crippen LogP contribution in [0.15, 0.2) is 35.0 Å². The Kier molecular flexibility index (Phi) is 4.97. The molecule has 2 heterocycles. The molecule has 126 valence electrons. The molecular formula is C17H20ClN5O. The van der Waals surface area contributed by atoms with Crippen LogP contribution < -0.4 is 5.32 Å². The second-order valence-corrected chi connectivity index (χ2v) is 6.10. The fourth-order valence-electron chi connectivity index (χ4n) is 2.55. The number of halogens is 1. The van der Waals surface area contributed by atoms with E-state index in [0.717, 1.165) is 23.4 Å². The van der Waals surface area contributed by atoms with Crippen molar-refractivity contribution in [2.24, 2.45) is 0 Å². The largest absolute Gasteiger partial charge is 0.334 e. The number of rotatable bonds is 6. The second kappa shape index (κ2) is 7.15. The van der Waals surface area contributed by atoms with Gasteiger partial charge in [0.25, 0.3) is 5.89 Å². The van der Waals surface area contributed by atoms with Crippen LogP contribution in [-0.4, -0.2) is 33.0 Å². The predicted octanol–water partition coefficient (Wildman–Crippen LogP) is 3.29. The summed E-state index contributed by atoms with van der Waals surface area (Å²) in [6, 6.07) is 7.88. The highest BCUT2D eigenvalue weighted by Crippen LogP contribution is 2.26.